The van der Waals surface area contributed by atoms with Gasteiger partial charge in [0, 0.05) is 23.1 Å². The highest BCUT2D eigenvalue weighted by Crippen LogP contribution is 2.68. The van der Waals surface area contributed by atoms with Crippen LogP contribution in [0.5, 0.6) is 11.5 Å². The van der Waals surface area contributed by atoms with E-state index in [9.17, 15) is 27.1 Å². The molecule has 0 unspecified atom stereocenters. The van der Waals surface area contributed by atoms with Crippen molar-refractivity contribution in [3.63, 3.8) is 0 Å². The maximum atomic E-state index is 14.5. The Bertz CT molecular complexity index is 969. The second-order valence-corrected chi connectivity index (χ2v) is 6.29. The maximum absolute atomic E-state index is 14.5. The third kappa shape index (κ3) is 1.78. The lowest BCUT2D eigenvalue weighted by molar-refractivity contribution is -0.287. The fourth-order valence-electron chi connectivity index (χ4n) is 3.65. The summed E-state index contributed by atoms with van der Waals surface area (Å²) < 4.78 is 76.6. The van der Waals surface area contributed by atoms with Crippen LogP contribution < -0.4 is 4.74 Å². The Morgan fingerprint density at radius 1 is 1.08 bits per heavy atom. The lowest BCUT2D eigenvalue weighted by atomic mass is 9.95. The summed E-state index contributed by atoms with van der Waals surface area (Å²) in [4.78, 5) is 0. The van der Waals surface area contributed by atoms with Crippen molar-refractivity contribution in [2.75, 3.05) is 0 Å². The molecule has 2 aliphatic rings. The van der Waals surface area contributed by atoms with Crippen LogP contribution in [0, 0.1) is 11.3 Å². The zero-order valence-corrected chi connectivity index (χ0v) is 12.9. The first kappa shape index (κ1) is 16.8. The monoisotopic (exact) mass is 367 g/mol. The number of hydrogen-bond acceptors (Lipinski definition) is 3. The normalized spacial score (nSPS) is 27.0. The van der Waals surface area contributed by atoms with Gasteiger partial charge in [0.2, 0.25) is 0 Å². The number of halogens is 5. The Balaban J connectivity index is 1.92. The summed E-state index contributed by atoms with van der Waals surface area (Å²) in [7, 11) is 0. The van der Waals surface area contributed by atoms with Crippen LogP contribution in [-0.4, -0.2) is 11.0 Å². The first-order valence-corrected chi connectivity index (χ1v) is 7.62. The molecule has 0 aliphatic heterocycles. The molecule has 0 saturated carbocycles. The lowest BCUT2D eigenvalue weighted by Gasteiger charge is -2.30. The highest BCUT2D eigenvalue weighted by Gasteiger charge is 2.79. The van der Waals surface area contributed by atoms with E-state index in [0.717, 1.165) is 6.07 Å². The summed E-state index contributed by atoms with van der Waals surface area (Å²) in [6.07, 6.45) is -3.31. The second kappa shape index (κ2) is 4.95. The number of rotatable bonds is 2. The number of aliphatic hydroxyl groups is 1. The number of nitrogens with zero attached hydrogens (tertiary/aromatic N) is 1. The van der Waals surface area contributed by atoms with Crippen LogP contribution in [0.1, 0.15) is 34.8 Å². The van der Waals surface area contributed by atoms with Crippen LogP contribution in [0.15, 0.2) is 36.4 Å². The fourth-order valence-corrected chi connectivity index (χ4v) is 3.65. The van der Waals surface area contributed by atoms with Gasteiger partial charge in [-0.1, -0.05) is 12.1 Å². The molecule has 0 fully saturated rings. The first-order chi connectivity index (χ1) is 12.1. The molecule has 3 nitrogen and oxygen atoms in total. The Kier molecular flexibility index (Phi) is 3.20. The largest absolute Gasteiger partial charge is 0.456 e. The molecule has 2 atom stereocenters. The number of alkyl halides is 5. The number of benzene rings is 2. The molecule has 2 aliphatic carbocycles. The van der Waals surface area contributed by atoms with Crippen molar-refractivity contribution in [1.29, 1.82) is 5.26 Å². The third-order valence-corrected chi connectivity index (χ3v) is 4.89. The van der Waals surface area contributed by atoms with E-state index in [1.165, 1.54) is 18.2 Å². The van der Waals surface area contributed by atoms with Gasteiger partial charge in [-0.15, -0.1) is 0 Å². The third-order valence-electron chi connectivity index (χ3n) is 4.89. The van der Waals surface area contributed by atoms with Crippen molar-refractivity contribution >= 4 is 0 Å². The number of nitriles is 1. The van der Waals surface area contributed by atoms with E-state index in [0.29, 0.717) is 6.07 Å². The van der Waals surface area contributed by atoms with Crippen LogP contribution >= 0.6 is 0 Å². The molecule has 2 aromatic carbocycles. The summed E-state index contributed by atoms with van der Waals surface area (Å²) in [5.41, 5.74) is -5.68. The van der Waals surface area contributed by atoms with Crippen LogP contribution in [-0.2, 0) is 11.5 Å². The standard InChI is InChI=1S/C18H10F5NO2/c19-11-7-16(25)15-10(17(20,21)18(16,22)23)5-6-13(14(11)15)26-12-4-2-1-3-9(12)8-24/h1-6,11,25H,7H2/t11-,16+/m0/s1. The average molecular weight is 367 g/mol. The van der Waals surface area contributed by atoms with Gasteiger partial charge < -0.3 is 9.84 Å². The highest BCUT2D eigenvalue weighted by atomic mass is 19.3. The molecule has 0 bridgehead atoms. The predicted molar refractivity (Wildman–Crippen MR) is 78.9 cm³/mol. The molecular formula is C18H10F5NO2. The zero-order valence-electron chi connectivity index (χ0n) is 12.9. The van der Waals surface area contributed by atoms with Gasteiger partial charge >= 0.3 is 11.8 Å². The average Bonchev–Trinajstić information content (AvgIpc) is 2.93. The van der Waals surface area contributed by atoms with Gasteiger partial charge in [0.1, 0.15) is 23.7 Å². The topological polar surface area (TPSA) is 53.2 Å². The molecule has 26 heavy (non-hydrogen) atoms. The SMILES string of the molecule is N#Cc1ccccc1Oc1ccc2c3c1[C@@H](F)C[C@]3(O)C(F)(F)C2(F)F. The van der Waals surface area contributed by atoms with E-state index in [2.05, 4.69) is 0 Å². The molecule has 1 N–H and O–H groups in total. The van der Waals surface area contributed by atoms with Crippen molar-refractivity contribution in [2.45, 2.75) is 30.0 Å². The molecule has 0 amide bonds. The summed E-state index contributed by atoms with van der Waals surface area (Å²) in [6, 6.07) is 9.43. The molecule has 0 radical (unpaired) electrons. The molecule has 2 aromatic rings. The van der Waals surface area contributed by atoms with Crippen LogP contribution in [0.4, 0.5) is 22.0 Å². The van der Waals surface area contributed by atoms with E-state index < -0.39 is 46.7 Å². The van der Waals surface area contributed by atoms with Gasteiger partial charge in [0.05, 0.1) is 5.56 Å². The molecule has 0 spiro atoms. The van der Waals surface area contributed by atoms with Crippen molar-refractivity contribution in [1.82, 2.24) is 0 Å². The smallest absolute Gasteiger partial charge is 0.346 e. The van der Waals surface area contributed by atoms with E-state index in [-0.39, 0.29) is 17.1 Å². The van der Waals surface area contributed by atoms with Gasteiger partial charge in [0.25, 0.3) is 0 Å². The summed E-state index contributed by atoms with van der Waals surface area (Å²) in [5, 5.41) is 19.3. The second-order valence-electron chi connectivity index (χ2n) is 6.29. The Labute approximate surface area is 144 Å². The minimum Gasteiger partial charge on any atom is -0.456 e. The van der Waals surface area contributed by atoms with Gasteiger partial charge in [-0.2, -0.15) is 22.8 Å². The van der Waals surface area contributed by atoms with E-state index in [1.807, 2.05) is 6.07 Å². The zero-order chi connectivity index (χ0) is 18.9. The molecule has 8 heteroatoms. The molecular weight excluding hydrogens is 357 g/mol. The van der Waals surface area contributed by atoms with Crippen molar-refractivity contribution in [3.8, 4) is 17.6 Å². The lowest BCUT2D eigenvalue weighted by Crippen LogP contribution is -2.48. The highest BCUT2D eigenvalue weighted by molar-refractivity contribution is 5.60. The number of ether oxygens (including phenoxy) is 1. The van der Waals surface area contributed by atoms with Crippen molar-refractivity contribution in [3.05, 3.63) is 58.7 Å². The minimum atomic E-state index is -4.85. The fraction of sp³-hybridized carbons (Fsp3) is 0.278. The van der Waals surface area contributed by atoms with E-state index >= 15 is 0 Å². The number of hydrogen-bond donors (Lipinski definition) is 1. The molecule has 134 valence electrons. The van der Waals surface area contributed by atoms with Crippen molar-refractivity contribution in [2.24, 2.45) is 0 Å². The first-order valence-electron chi connectivity index (χ1n) is 7.62. The minimum absolute atomic E-state index is 0.0188. The quantitative estimate of drug-likeness (QED) is 0.784. The van der Waals surface area contributed by atoms with E-state index in [1.54, 1.807) is 6.07 Å². The van der Waals surface area contributed by atoms with Gasteiger partial charge in [0.15, 0.2) is 5.60 Å². The van der Waals surface area contributed by atoms with Gasteiger partial charge in [-0.05, 0) is 24.3 Å². The molecule has 0 saturated heterocycles. The summed E-state index contributed by atoms with van der Waals surface area (Å²) in [6.45, 7) is 0. The maximum Gasteiger partial charge on any atom is 0.346 e. The molecule has 0 heterocycles. The van der Waals surface area contributed by atoms with Crippen molar-refractivity contribution < 1.29 is 31.8 Å². The molecule has 0 aromatic heterocycles. The predicted octanol–water partition coefficient (Wildman–Crippen LogP) is 4.69. The number of para-hydroxylation sites is 1. The Morgan fingerprint density at radius 3 is 2.46 bits per heavy atom. The van der Waals surface area contributed by atoms with Crippen LogP contribution in [0.25, 0.3) is 0 Å². The van der Waals surface area contributed by atoms with Crippen LogP contribution in [0.3, 0.4) is 0 Å². The Morgan fingerprint density at radius 2 is 1.77 bits per heavy atom. The summed E-state index contributed by atoms with van der Waals surface area (Å²) in [5.74, 6) is -9.75. The van der Waals surface area contributed by atoms with E-state index in [4.69, 9.17) is 10.00 Å². The Hall–Kier alpha value is -2.66. The summed E-state index contributed by atoms with van der Waals surface area (Å²) >= 11 is 0. The van der Waals surface area contributed by atoms with Crippen LogP contribution in [0.2, 0.25) is 0 Å². The van der Waals surface area contributed by atoms with Gasteiger partial charge in [-0.25, -0.2) is 4.39 Å². The molecule has 4 rings (SSSR count). The van der Waals surface area contributed by atoms with Gasteiger partial charge in [-0.3, -0.25) is 0 Å².